The molecule has 1 fully saturated rings. The quantitative estimate of drug-likeness (QED) is 0.165. The summed E-state index contributed by atoms with van der Waals surface area (Å²) in [7, 11) is 0. The molecule has 1 aliphatic carbocycles. The first-order valence-electron chi connectivity index (χ1n) is 14.7. The van der Waals surface area contributed by atoms with Crippen molar-refractivity contribution in [3.8, 4) is 6.07 Å². The van der Waals surface area contributed by atoms with E-state index in [0.717, 1.165) is 36.3 Å². The predicted molar refractivity (Wildman–Crippen MR) is 175 cm³/mol. The zero-order chi connectivity index (χ0) is 32.8. The molecule has 0 spiro atoms. The van der Waals surface area contributed by atoms with E-state index in [2.05, 4.69) is 15.6 Å². The maximum Gasteiger partial charge on any atom is 0.417 e. The number of rotatable bonds is 9. The topological polar surface area (TPSA) is 135 Å². The van der Waals surface area contributed by atoms with Gasteiger partial charge in [0.1, 0.15) is 0 Å². The molecular formula is C34H34F3N5O4S. The van der Waals surface area contributed by atoms with Crippen LogP contribution in [0.1, 0.15) is 84.5 Å². The normalized spacial score (nSPS) is 13.3. The van der Waals surface area contributed by atoms with E-state index in [0.29, 0.717) is 27.4 Å². The Balaban J connectivity index is 0.00000500. The molecule has 3 N–H and O–H groups in total. The number of hydrogen-bond acceptors (Lipinski definition) is 6. The molecule has 9 nitrogen and oxygen atoms in total. The summed E-state index contributed by atoms with van der Waals surface area (Å²) in [6, 6.07) is 17.2. The number of thiazole rings is 1. The van der Waals surface area contributed by atoms with Gasteiger partial charge in [-0.15, -0.1) is 0 Å². The van der Waals surface area contributed by atoms with Gasteiger partial charge in [0, 0.05) is 17.8 Å². The lowest BCUT2D eigenvalue weighted by Crippen LogP contribution is -2.34. The van der Waals surface area contributed by atoms with Crippen molar-refractivity contribution in [2.45, 2.75) is 64.6 Å². The minimum atomic E-state index is -4.73. The van der Waals surface area contributed by atoms with Crippen LogP contribution in [0.5, 0.6) is 0 Å². The molecule has 1 aliphatic rings. The number of benzene rings is 3. The number of carbonyl (C=O) groups is 3. The van der Waals surface area contributed by atoms with E-state index < -0.39 is 35.2 Å². The molecule has 0 saturated heterocycles. The average Bonchev–Trinajstić information content (AvgIpc) is 3.44. The lowest BCUT2D eigenvalue weighted by molar-refractivity contribution is -0.138. The monoisotopic (exact) mass is 665 g/mol. The molecule has 1 saturated carbocycles. The lowest BCUT2D eigenvalue weighted by Gasteiger charge is -2.25. The van der Waals surface area contributed by atoms with Crippen LogP contribution in [0.15, 0.2) is 60.7 Å². The molecule has 1 heterocycles. The molecule has 0 atom stereocenters. The second kappa shape index (κ2) is 15.1. The van der Waals surface area contributed by atoms with Gasteiger partial charge in [-0.1, -0.05) is 62.3 Å². The van der Waals surface area contributed by atoms with Crippen LogP contribution in [0.25, 0.3) is 10.2 Å². The number of amides is 3. The number of nitrogens with zero attached hydrogens (tertiary/aromatic N) is 3. The summed E-state index contributed by atoms with van der Waals surface area (Å²) < 4.78 is 40.8. The van der Waals surface area contributed by atoms with Crippen LogP contribution in [0.2, 0.25) is 0 Å². The Labute approximate surface area is 274 Å². The van der Waals surface area contributed by atoms with Gasteiger partial charge in [-0.25, -0.2) is 9.78 Å². The first-order valence-corrected chi connectivity index (χ1v) is 15.5. The molecule has 0 bridgehead atoms. The van der Waals surface area contributed by atoms with Crippen molar-refractivity contribution in [3.63, 3.8) is 0 Å². The van der Waals surface area contributed by atoms with Crippen molar-refractivity contribution in [1.82, 2.24) is 10.3 Å². The van der Waals surface area contributed by atoms with Gasteiger partial charge >= 0.3 is 18.2 Å². The highest BCUT2D eigenvalue weighted by atomic mass is 32.1. The van der Waals surface area contributed by atoms with Gasteiger partial charge in [0.2, 0.25) is 0 Å². The van der Waals surface area contributed by atoms with Gasteiger partial charge in [0.25, 0.3) is 5.91 Å². The van der Waals surface area contributed by atoms with E-state index in [1.54, 1.807) is 30.3 Å². The molecule has 0 aliphatic heterocycles. The van der Waals surface area contributed by atoms with E-state index in [1.165, 1.54) is 29.7 Å². The molecule has 47 heavy (non-hydrogen) atoms. The van der Waals surface area contributed by atoms with Crippen molar-refractivity contribution < 1.29 is 32.7 Å². The number of carbonyl (C=O) groups excluding carboxylic acids is 2. The van der Waals surface area contributed by atoms with E-state index in [1.807, 2.05) is 24.3 Å². The third-order valence-corrected chi connectivity index (χ3v) is 8.81. The number of alkyl halides is 3. The fourth-order valence-corrected chi connectivity index (χ4v) is 6.36. The van der Waals surface area contributed by atoms with Gasteiger partial charge < -0.3 is 10.4 Å². The summed E-state index contributed by atoms with van der Waals surface area (Å²) in [6.07, 6.45) is 0.870. The molecule has 5 rings (SSSR count). The van der Waals surface area contributed by atoms with Gasteiger partial charge in [0.15, 0.2) is 5.13 Å². The van der Waals surface area contributed by atoms with Gasteiger partial charge in [-0.2, -0.15) is 18.4 Å². The smallest absolute Gasteiger partial charge is 0.417 e. The van der Waals surface area contributed by atoms with Crippen LogP contribution in [-0.4, -0.2) is 34.5 Å². The Morgan fingerprint density at radius 2 is 1.70 bits per heavy atom. The number of carboxylic acid groups (broad SMARTS) is 1. The molecule has 3 aromatic carbocycles. The average molecular weight is 666 g/mol. The molecule has 0 radical (unpaired) electrons. The summed E-state index contributed by atoms with van der Waals surface area (Å²) in [5.74, 6) is -0.990. The summed E-state index contributed by atoms with van der Waals surface area (Å²) >= 11 is 0.959. The van der Waals surface area contributed by atoms with E-state index in [4.69, 9.17) is 5.11 Å². The first-order chi connectivity index (χ1) is 22.0. The summed E-state index contributed by atoms with van der Waals surface area (Å²) in [6.45, 7) is 0.0824. The summed E-state index contributed by atoms with van der Waals surface area (Å²) in [5, 5.41) is 23.4. The van der Waals surface area contributed by atoms with Crippen LogP contribution in [-0.2, 0) is 17.5 Å². The van der Waals surface area contributed by atoms with Crippen LogP contribution >= 0.6 is 11.3 Å². The predicted octanol–water partition coefficient (Wildman–Crippen LogP) is 8.31. The van der Waals surface area contributed by atoms with Crippen LogP contribution in [0.3, 0.4) is 0 Å². The van der Waals surface area contributed by atoms with Crippen molar-refractivity contribution >= 4 is 50.3 Å². The molecule has 13 heteroatoms. The molecule has 1 aromatic heterocycles. The highest BCUT2D eigenvalue weighted by molar-refractivity contribution is 7.22. The molecule has 4 aromatic rings. The third-order valence-electron chi connectivity index (χ3n) is 7.88. The maximum absolute atomic E-state index is 13.7. The fourth-order valence-electron chi connectivity index (χ4n) is 5.49. The van der Waals surface area contributed by atoms with E-state index >= 15 is 0 Å². The van der Waals surface area contributed by atoms with Crippen molar-refractivity contribution in [3.05, 3.63) is 88.5 Å². The SMILES string of the molecule is C.N#Cc1cc2sc(NC(=O)N(Cc3ccc(C(=O)NCCC(=O)O)cc3)c3ccc(C4CCCCC4)cc3)nc2cc1C(F)(F)F. The van der Waals surface area contributed by atoms with Crippen LogP contribution < -0.4 is 15.5 Å². The molecule has 246 valence electrons. The third kappa shape index (κ3) is 8.65. The highest BCUT2D eigenvalue weighted by Gasteiger charge is 2.34. The number of fused-ring (bicyclic) bond motifs is 1. The lowest BCUT2D eigenvalue weighted by atomic mass is 9.84. The van der Waals surface area contributed by atoms with E-state index in [-0.39, 0.29) is 37.6 Å². The standard InChI is InChI=1S/C33H30F3N5O4S.CH4/c34-33(35,36)26-17-27-28(16-24(26)18-37)46-31(39-27)40-32(45)41(25-12-10-22(11-13-25)21-4-2-1-3-5-21)19-20-6-8-23(9-7-20)30(44)38-15-14-29(42)43;/h6-13,16-17,21H,1-5,14-15,19H2,(H,38,44)(H,42,43)(H,39,40,45);1H4. The summed E-state index contributed by atoms with van der Waals surface area (Å²) in [4.78, 5) is 42.5. The Hall–Kier alpha value is -4.96. The fraction of sp³-hybridized carbons (Fsp3) is 0.324. The van der Waals surface area contributed by atoms with Crippen molar-refractivity contribution in [2.75, 3.05) is 16.8 Å². The Morgan fingerprint density at radius 3 is 2.32 bits per heavy atom. The number of halogens is 3. The van der Waals surface area contributed by atoms with Gasteiger partial charge in [-0.3, -0.25) is 19.8 Å². The Kier molecular flexibility index (Phi) is 11.2. The zero-order valence-corrected chi connectivity index (χ0v) is 25.4. The van der Waals surface area contributed by atoms with E-state index in [9.17, 15) is 32.8 Å². The number of aromatic nitrogens is 1. The number of aliphatic carboxylic acids is 1. The highest BCUT2D eigenvalue weighted by Crippen LogP contribution is 2.37. The molecule has 3 amide bonds. The number of nitriles is 1. The molecular weight excluding hydrogens is 631 g/mol. The first kappa shape index (κ1) is 34.9. The second-order valence-electron chi connectivity index (χ2n) is 11.0. The number of nitrogens with one attached hydrogen (secondary N) is 2. The Morgan fingerprint density at radius 1 is 1.02 bits per heavy atom. The largest absolute Gasteiger partial charge is 0.481 e. The maximum atomic E-state index is 13.7. The van der Waals surface area contributed by atoms with Gasteiger partial charge in [-0.05, 0) is 66.3 Å². The number of carboxylic acids is 1. The Bertz CT molecular complexity index is 1780. The number of anilines is 2. The van der Waals surface area contributed by atoms with Crippen molar-refractivity contribution in [2.24, 2.45) is 0 Å². The number of urea groups is 1. The van der Waals surface area contributed by atoms with Crippen LogP contribution in [0.4, 0.5) is 28.8 Å². The summed E-state index contributed by atoms with van der Waals surface area (Å²) in [5.41, 5.74) is 1.18. The minimum absolute atomic E-state index is 0. The second-order valence-corrected chi connectivity index (χ2v) is 12.1. The van der Waals surface area contributed by atoms with Crippen molar-refractivity contribution in [1.29, 1.82) is 5.26 Å². The van der Waals surface area contributed by atoms with Crippen LogP contribution in [0, 0.1) is 11.3 Å². The molecule has 0 unspecified atom stereocenters. The minimum Gasteiger partial charge on any atom is -0.481 e. The van der Waals surface area contributed by atoms with Gasteiger partial charge in [0.05, 0.1) is 40.4 Å². The number of hydrogen-bond donors (Lipinski definition) is 3. The zero-order valence-electron chi connectivity index (χ0n) is 24.6.